The van der Waals surface area contributed by atoms with Crippen LogP contribution in [0.4, 0.5) is 5.69 Å². The van der Waals surface area contributed by atoms with Gasteiger partial charge in [0.1, 0.15) is 5.75 Å². The van der Waals surface area contributed by atoms with Crippen LogP contribution in [0.5, 0.6) is 5.75 Å². The highest BCUT2D eigenvalue weighted by atomic mass is 16.5. The highest BCUT2D eigenvalue weighted by molar-refractivity contribution is 5.97. The van der Waals surface area contributed by atoms with Crippen molar-refractivity contribution in [1.82, 2.24) is 10.1 Å². The molecule has 0 unspecified atom stereocenters. The van der Waals surface area contributed by atoms with Gasteiger partial charge in [-0.1, -0.05) is 5.16 Å². The lowest BCUT2D eigenvalue weighted by Gasteiger charge is -2.15. The zero-order valence-corrected chi connectivity index (χ0v) is 12.6. The lowest BCUT2D eigenvalue weighted by molar-refractivity contribution is -0.116. The standard InChI is InChI=1S/C15H17N3O4/c1-10-8-13(22-17-10)15(20)18(2)9-14(19)16-11-4-6-12(21-3)7-5-11/h4-8H,9H2,1-3H3,(H,16,19). The van der Waals surface area contributed by atoms with Crippen LogP contribution in [0.1, 0.15) is 16.2 Å². The summed E-state index contributed by atoms with van der Waals surface area (Å²) in [5, 5.41) is 6.35. The molecule has 116 valence electrons. The Kier molecular flexibility index (Phi) is 4.77. The number of nitrogens with one attached hydrogen (secondary N) is 1. The number of hydrogen-bond donors (Lipinski definition) is 1. The minimum Gasteiger partial charge on any atom is -0.497 e. The number of rotatable bonds is 5. The molecular weight excluding hydrogens is 286 g/mol. The van der Waals surface area contributed by atoms with Crippen molar-refractivity contribution >= 4 is 17.5 Å². The minimum absolute atomic E-state index is 0.0926. The van der Waals surface area contributed by atoms with Crippen LogP contribution in [0.3, 0.4) is 0 Å². The van der Waals surface area contributed by atoms with Crippen LogP contribution in [0.15, 0.2) is 34.9 Å². The van der Waals surface area contributed by atoms with Gasteiger partial charge in [0.05, 0.1) is 19.3 Å². The van der Waals surface area contributed by atoms with E-state index in [0.29, 0.717) is 17.1 Å². The van der Waals surface area contributed by atoms with Gasteiger partial charge in [0.2, 0.25) is 11.7 Å². The van der Waals surface area contributed by atoms with Crippen LogP contribution in [0.25, 0.3) is 0 Å². The van der Waals surface area contributed by atoms with E-state index in [0.717, 1.165) is 0 Å². The van der Waals surface area contributed by atoms with E-state index in [9.17, 15) is 9.59 Å². The fourth-order valence-electron chi connectivity index (χ4n) is 1.81. The fraction of sp³-hybridized carbons (Fsp3) is 0.267. The lowest BCUT2D eigenvalue weighted by atomic mass is 10.3. The second-order valence-electron chi connectivity index (χ2n) is 4.77. The number of methoxy groups -OCH3 is 1. The molecule has 7 heteroatoms. The molecule has 1 aromatic heterocycles. The first-order valence-corrected chi connectivity index (χ1v) is 6.62. The van der Waals surface area contributed by atoms with E-state index >= 15 is 0 Å². The number of benzene rings is 1. The molecule has 2 aromatic rings. The van der Waals surface area contributed by atoms with Crippen LogP contribution in [0.2, 0.25) is 0 Å². The van der Waals surface area contributed by atoms with E-state index in [1.807, 2.05) is 0 Å². The highest BCUT2D eigenvalue weighted by Crippen LogP contribution is 2.15. The van der Waals surface area contributed by atoms with Crippen LogP contribution in [0, 0.1) is 6.92 Å². The molecule has 22 heavy (non-hydrogen) atoms. The van der Waals surface area contributed by atoms with E-state index in [-0.39, 0.29) is 18.2 Å². The molecule has 0 aliphatic carbocycles. The zero-order chi connectivity index (χ0) is 16.1. The number of carbonyl (C=O) groups excluding carboxylic acids is 2. The summed E-state index contributed by atoms with van der Waals surface area (Å²) in [4.78, 5) is 25.2. The largest absolute Gasteiger partial charge is 0.497 e. The Labute approximate surface area is 127 Å². The molecule has 0 spiro atoms. The Balaban J connectivity index is 1.91. The summed E-state index contributed by atoms with van der Waals surface area (Å²) in [5.41, 5.74) is 1.24. The maximum atomic E-state index is 12.0. The van der Waals surface area contributed by atoms with Crippen molar-refractivity contribution in [3.63, 3.8) is 0 Å². The average Bonchev–Trinajstić information content (AvgIpc) is 2.93. The molecule has 0 saturated heterocycles. The number of likely N-dealkylation sites (N-methyl/N-ethyl adjacent to an activating group) is 1. The number of carbonyl (C=O) groups is 2. The maximum absolute atomic E-state index is 12.0. The van der Waals surface area contributed by atoms with Gasteiger partial charge in [-0.15, -0.1) is 0 Å². The number of anilines is 1. The van der Waals surface area contributed by atoms with Gasteiger partial charge in [-0.05, 0) is 31.2 Å². The number of ether oxygens (including phenoxy) is 1. The van der Waals surface area contributed by atoms with Crippen molar-refractivity contribution < 1.29 is 18.8 Å². The van der Waals surface area contributed by atoms with Gasteiger partial charge in [0, 0.05) is 18.8 Å². The summed E-state index contributed by atoms with van der Waals surface area (Å²) in [5.74, 6) is 0.103. The Morgan fingerprint density at radius 1 is 1.32 bits per heavy atom. The van der Waals surface area contributed by atoms with Crippen LogP contribution >= 0.6 is 0 Å². The first kappa shape index (κ1) is 15.6. The summed E-state index contributed by atoms with van der Waals surface area (Å²) in [6.07, 6.45) is 0. The predicted octanol–water partition coefficient (Wildman–Crippen LogP) is 1.70. The molecule has 1 N–H and O–H groups in total. The average molecular weight is 303 g/mol. The summed E-state index contributed by atoms with van der Waals surface area (Å²) in [6.45, 7) is 1.63. The molecule has 0 aliphatic rings. The van der Waals surface area contributed by atoms with Gasteiger partial charge in [0.25, 0.3) is 5.91 Å². The van der Waals surface area contributed by atoms with E-state index in [4.69, 9.17) is 9.26 Å². The smallest absolute Gasteiger partial charge is 0.292 e. The van der Waals surface area contributed by atoms with Crippen molar-refractivity contribution in [2.24, 2.45) is 0 Å². The molecule has 0 fully saturated rings. The molecule has 0 saturated carbocycles. The molecule has 0 atom stereocenters. The van der Waals surface area contributed by atoms with Crippen LogP contribution in [-0.2, 0) is 4.79 Å². The molecule has 7 nitrogen and oxygen atoms in total. The third-order valence-electron chi connectivity index (χ3n) is 2.94. The summed E-state index contributed by atoms with van der Waals surface area (Å²) < 4.78 is 9.92. The Morgan fingerprint density at radius 2 is 2.00 bits per heavy atom. The van der Waals surface area contributed by atoms with Crippen molar-refractivity contribution in [1.29, 1.82) is 0 Å². The quantitative estimate of drug-likeness (QED) is 0.908. The lowest BCUT2D eigenvalue weighted by Crippen LogP contribution is -2.34. The molecular formula is C15H17N3O4. The third-order valence-corrected chi connectivity index (χ3v) is 2.94. The van der Waals surface area contributed by atoms with Crippen molar-refractivity contribution in [2.75, 3.05) is 26.0 Å². The van der Waals surface area contributed by atoms with Gasteiger partial charge in [0.15, 0.2) is 0 Å². The molecule has 1 aromatic carbocycles. The Hall–Kier alpha value is -2.83. The van der Waals surface area contributed by atoms with E-state index in [2.05, 4.69) is 10.5 Å². The molecule has 1 heterocycles. The maximum Gasteiger partial charge on any atom is 0.292 e. The second-order valence-corrected chi connectivity index (χ2v) is 4.77. The number of hydrogen-bond acceptors (Lipinski definition) is 5. The molecule has 2 rings (SSSR count). The number of amides is 2. The second kappa shape index (κ2) is 6.75. The van der Waals surface area contributed by atoms with Crippen LogP contribution in [-0.4, -0.2) is 42.6 Å². The summed E-state index contributed by atoms with van der Waals surface area (Å²) >= 11 is 0. The molecule has 0 bridgehead atoms. The monoisotopic (exact) mass is 303 g/mol. The third kappa shape index (κ3) is 3.85. The predicted molar refractivity (Wildman–Crippen MR) is 79.8 cm³/mol. The Morgan fingerprint density at radius 3 is 2.55 bits per heavy atom. The van der Waals surface area contributed by atoms with Crippen molar-refractivity contribution in [3.05, 3.63) is 41.8 Å². The summed E-state index contributed by atoms with van der Waals surface area (Å²) in [7, 11) is 3.09. The van der Waals surface area contributed by atoms with Gasteiger partial charge < -0.3 is 19.5 Å². The van der Waals surface area contributed by atoms with Gasteiger partial charge >= 0.3 is 0 Å². The minimum atomic E-state index is -0.398. The number of nitrogens with zero attached hydrogens (tertiary/aromatic N) is 2. The van der Waals surface area contributed by atoms with Crippen LogP contribution < -0.4 is 10.1 Å². The SMILES string of the molecule is COc1ccc(NC(=O)CN(C)C(=O)c2cc(C)no2)cc1. The Bertz CT molecular complexity index is 664. The van der Waals surface area contributed by atoms with Gasteiger partial charge in [-0.2, -0.15) is 0 Å². The van der Waals surface area contributed by atoms with Gasteiger partial charge in [-0.25, -0.2) is 0 Å². The van der Waals surface area contributed by atoms with E-state index < -0.39 is 5.91 Å². The fourth-order valence-corrected chi connectivity index (χ4v) is 1.81. The normalized spacial score (nSPS) is 10.1. The first-order chi connectivity index (χ1) is 10.5. The number of aromatic nitrogens is 1. The van der Waals surface area contributed by atoms with Crippen molar-refractivity contribution in [2.45, 2.75) is 6.92 Å². The molecule has 2 amide bonds. The highest BCUT2D eigenvalue weighted by Gasteiger charge is 2.18. The topological polar surface area (TPSA) is 84.7 Å². The van der Waals surface area contributed by atoms with Crippen molar-refractivity contribution in [3.8, 4) is 5.75 Å². The van der Waals surface area contributed by atoms with E-state index in [1.165, 1.54) is 18.0 Å². The zero-order valence-electron chi connectivity index (χ0n) is 12.6. The molecule has 0 aliphatic heterocycles. The van der Waals surface area contributed by atoms with E-state index in [1.54, 1.807) is 38.3 Å². The summed E-state index contributed by atoms with van der Waals surface area (Å²) in [6, 6.07) is 8.44. The number of aryl methyl sites for hydroxylation is 1. The molecule has 0 radical (unpaired) electrons. The first-order valence-electron chi connectivity index (χ1n) is 6.62. The van der Waals surface area contributed by atoms with Gasteiger partial charge in [-0.3, -0.25) is 9.59 Å².